The number of amides is 1. The van der Waals surface area contributed by atoms with Crippen LogP contribution >= 0.6 is 0 Å². The maximum Gasteiger partial charge on any atom is 0.220 e. The van der Waals surface area contributed by atoms with Gasteiger partial charge in [0, 0.05) is 12.5 Å². The van der Waals surface area contributed by atoms with Gasteiger partial charge in [-0.15, -0.1) is 0 Å². The molecule has 1 fully saturated rings. The third-order valence-corrected chi connectivity index (χ3v) is 3.33. The van der Waals surface area contributed by atoms with Crippen molar-refractivity contribution in [2.75, 3.05) is 13.6 Å². The summed E-state index contributed by atoms with van der Waals surface area (Å²) in [6.07, 6.45) is 6.84. The van der Waals surface area contributed by atoms with E-state index in [4.69, 9.17) is 0 Å². The van der Waals surface area contributed by atoms with Gasteiger partial charge in [0.05, 0.1) is 0 Å². The molecule has 1 saturated carbocycles. The van der Waals surface area contributed by atoms with E-state index < -0.39 is 0 Å². The Hall–Kier alpha value is -0.570. The minimum atomic E-state index is 0.213. The highest BCUT2D eigenvalue weighted by molar-refractivity contribution is 5.76. The van der Waals surface area contributed by atoms with E-state index in [1.165, 1.54) is 25.7 Å². The third-order valence-electron chi connectivity index (χ3n) is 3.33. The molecule has 1 aliphatic rings. The second-order valence-corrected chi connectivity index (χ2v) is 4.61. The lowest BCUT2D eigenvalue weighted by Gasteiger charge is -2.20. The van der Waals surface area contributed by atoms with Gasteiger partial charge in [-0.3, -0.25) is 4.79 Å². The van der Waals surface area contributed by atoms with Crippen molar-refractivity contribution < 1.29 is 4.79 Å². The highest BCUT2D eigenvalue weighted by Crippen LogP contribution is 2.27. The molecule has 1 aliphatic carbocycles. The van der Waals surface area contributed by atoms with Crippen LogP contribution in [-0.2, 0) is 4.79 Å². The predicted octanol–water partition coefficient (Wildman–Crippen LogP) is 1.68. The van der Waals surface area contributed by atoms with Gasteiger partial charge in [0.2, 0.25) is 5.91 Å². The van der Waals surface area contributed by atoms with Gasteiger partial charge < -0.3 is 10.6 Å². The standard InChI is InChI=1S/C12H24N2O/c1-10(11-6-3-4-7-11)14-12(15)8-5-9-13-2/h10-11,13H,3-9H2,1-2H3,(H,14,15)/t10-/m1/s1. The van der Waals surface area contributed by atoms with Gasteiger partial charge in [0.15, 0.2) is 0 Å². The third kappa shape index (κ3) is 4.65. The summed E-state index contributed by atoms with van der Waals surface area (Å²) in [5.74, 6) is 0.933. The molecule has 0 aliphatic heterocycles. The van der Waals surface area contributed by atoms with Gasteiger partial charge in [0.25, 0.3) is 0 Å². The van der Waals surface area contributed by atoms with Crippen LogP contribution in [0, 0.1) is 5.92 Å². The molecular weight excluding hydrogens is 188 g/mol. The zero-order valence-corrected chi connectivity index (χ0v) is 10.0. The van der Waals surface area contributed by atoms with Gasteiger partial charge in [-0.25, -0.2) is 0 Å². The highest BCUT2D eigenvalue weighted by Gasteiger charge is 2.22. The Balaban J connectivity index is 2.13. The molecular formula is C12H24N2O. The first-order valence-corrected chi connectivity index (χ1v) is 6.18. The minimum Gasteiger partial charge on any atom is -0.353 e. The maximum absolute atomic E-state index is 11.5. The number of hydrogen-bond donors (Lipinski definition) is 2. The fraction of sp³-hybridized carbons (Fsp3) is 0.917. The summed E-state index contributed by atoms with van der Waals surface area (Å²) in [7, 11) is 1.92. The summed E-state index contributed by atoms with van der Waals surface area (Å²) in [6, 6.07) is 0.370. The van der Waals surface area contributed by atoms with Crippen LogP contribution in [0.15, 0.2) is 0 Å². The molecule has 0 bridgehead atoms. The number of rotatable bonds is 6. The molecule has 0 spiro atoms. The Morgan fingerprint density at radius 3 is 2.67 bits per heavy atom. The summed E-state index contributed by atoms with van der Waals surface area (Å²) >= 11 is 0. The molecule has 2 N–H and O–H groups in total. The zero-order chi connectivity index (χ0) is 11.1. The second kappa shape index (κ2) is 6.83. The van der Waals surface area contributed by atoms with Crippen LogP contribution in [0.4, 0.5) is 0 Å². The van der Waals surface area contributed by atoms with Crippen molar-refractivity contribution in [2.45, 2.75) is 51.5 Å². The van der Waals surface area contributed by atoms with Gasteiger partial charge in [-0.1, -0.05) is 12.8 Å². The van der Waals surface area contributed by atoms with Crippen molar-refractivity contribution in [1.29, 1.82) is 0 Å². The lowest BCUT2D eigenvalue weighted by molar-refractivity contribution is -0.122. The molecule has 1 atom stereocenters. The quantitative estimate of drug-likeness (QED) is 0.658. The summed E-state index contributed by atoms with van der Waals surface area (Å²) in [6.45, 7) is 3.07. The number of carbonyl (C=O) groups is 1. The van der Waals surface area contributed by atoms with Gasteiger partial charge in [0.1, 0.15) is 0 Å². The van der Waals surface area contributed by atoms with E-state index in [9.17, 15) is 4.79 Å². The zero-order valence-electron chi connectivity index (χ0n) is 10.0. The van der Waals surface area contributed by atoms with Crippen LogP contribution in [0.5, 0.6) is 0 Å². The fourth-order valence-electron chi connectivity index (χ4n) is 2.33. The molecule has 3 heteroatoms. The Labute approximate surface area is 93.0 Å². The van der Waals surface area contributed by atoms with Crippen molar-refractivity contribution in [3.05, 3.63) is 0 Å². The van der Waals surface area contributed by atoms with E-state index in [2.05, 4.69) is 17.6 Å². The molecule has 0 heterocycles. The first kappa shape index (κ1) is 12.5. The lowest BCUT2D eigenvalue weighted by atomic mass is 10.00. The van der Waals surface area contributed by atoms with Crippen LogP contribution in [0.3, 0.4) is 0 Å². The number of carbonyl (C=O) groups excluding carboxylic acids is 1. The minimum absolute atomic E-state index is 0.213. The maximum atomic E-state index is 11.5. The smallest absolute Gasteiger partial charge is 0.220 e. The van der Waals surface area contributed by atoms with E-state index >= 15 is 0 Å². The first-order valence-electron chi connectivity index (χ1n) is 6.18. The average Bonchev–Trinajstić information content (AvgIpc) is 2.70. The molecule has 3 nitrogen and oxygen atoms in total. The van der Waals surface area contributed by atoms with Crippen LogP contribution in [0.25, 0.3) is 0 Å². The van der Waals surface area contributed by atoms with Crippen molar-refractivity contribution in [3.63, 3.8) is 0 Å². The molecule has 0 aromatic rings. The van der Waals surface area contributed by atoms with Crippen molar-refractivity contribution >= 4 is 5.91 Å². The van der Waals surface area contributed by atoms with E-state index in [0.29, 0.717) is 12.5 Å². The molecule has 0 aromatic heterocycles. The largest absolute Gasteiger partial charge is 0.353 e. The molecule has 0 radical (unpaired) electrons. The number of nitrogens with one attached hydrogen (secondary N) is 2. The molecule has 15 heavy (non-hydrogen) atoms. The van der Waals surface area contributed by atoms with Crippen molar-refractivity contribution in [3.8, 4) is 0 Å². The SMILES string of the molecule is CNCCCC(=O)N[C@H](C)C1CCCC1. The van der Waals surface area contributed by atoms with E-state index in [1.54, 1.807) is 0 Å². The van der Waals surface area contributed by atoms with E-state index in [0.717, 1.165) is 18.9 Å². The Morgan fingerprint density at radius 2 is 2.07 bits per heavy atom. The van der Waals surface area contributed by atoms with Gasteiger partial charge in [-0.05, 0) is 45.7 Å². The van der Waals surface area contributed by atoms with Gasteiger partial charge >= 0.3 is 0 Å². The second-order valence-electron chi connectivity index (χ2n) is 4.61. The van der Waals surface area contributed by atoms with Crippen LogP contribution in [-0.4, -0.2) is 25.5 Å². The monoisotopic (exact) mass is 212 g/mol. The predicted molar refractivity (Wildman–Crippen MR) is 62.7 cm³/mol. The Kier molecular flexibility index (Phi) is 5.69. The normalized spacial score (nSPS) is 19.1. The highest BCUT2D eigenvalue weighted by atomic mass is 16.1. The summed E-state index contributed by atoms with van der Waals surface area (Å²) in [5.41, 5.74) is 0. The van der Waals surface area contributed by atoms with Crippen molar-refractivity contribution in [2.24, 2.45) is 5.92 Å². The molecule has 0 saturated heterocycles. The summed E-state index contributed by atoms with van der Waals surface area (Å²) < 4.78 is 0. The molecule has 88 valence electrons. The Bertz CT molecular complexity index is 188. The number of hydrogen-bond acceptors (Lipinski definition) is 2. The van der Waals surface area contributed by atoms with Crippen molar-refractivity contribution in [1.82, 2.24) is 10.6 Å². The van der Waals surface area contributed by atoms with Crippen LogP contribution in [0.1, 0.15) is 45.4 Å². The summed E-state index contributed by atoms with van der Waals surface area (Å²) in [4.78, 5) is 11.5. The van der Waals surface area contributed by atoms with Gasteiger partial charge in [-0.2, -0.15) is 0 Å². The first-order chi connectivity index (χ1) is 7.24. The molecule has 0 aromatic carbocycles. The fourth-order valence-corrected chi connectivity index (χ4v) is 2.33. The average molecular weight is 212 g/mol. The molecule has 0 unspecified atom stereocenters. The lowest BCUT2D eigenvalue weighted by Crippen LogP contribution is -2.37. The van der Waals surface area contributed by atoms with Crippen LogP contribution in [0.2, 0.25) is 0 Å². The molecule has 1 rings (SSSR count). The summed E-state index contributed by atoms with van der Waals surface area (Å²) in [5, 5.41) is 6.17. The van der Waals surface area contributed by atoms with E-state index in [-0.39, 0.29) is 5.91 Å². The van der Waals surface area contributed by atoms with Crippen LogP contribution < -0.4 is 10.6 Å². The molecule has 1 amide bonds. The Morgan fingerprint density at radius 1 is 1.40 bits per heavy atom. The van der Waals surface area contributed by atoms with E-state index in [1.807, 2.05) is 7.05 Å². The topological polar surface area (TPSA) is 41.1 Å².